The van der Waals surface area contributed by atoms with Gasteiger partial charge in [0.05, 0.1) is 0 Å². The van der Waals surface area contributed by atoms with Crippen molar-refractivity contribution in [3.8, 4) is 0 Å². The summed E-state index contributed by atoms with van der Waals surface area (Å²) in [6, 6.07) is 0.177. The van der Waals surface area contributed by atoms with Gasteiger partial charge < -0.3 is 14.9 Å². The highest BCUT2D eigenvalue weighted by atomic mass is 16.4. The number of amides is 2. The van der Waals surface area contributed by atoms with E-state index in [-0.39, 0.29) is 18.5 Å². The van der Waals surface area contributed by atoms with E-state index in [1.165, 1.54) is 0 Å². The highest BCUT2D eigenvalue weighted by Gasteiger charge is 2.29. The van der Waals surface area contributed by atoms with Crippen LogP contribution in [0.1, 0.15) is 33.1 Å². The van der Waals surface area contributed by atoms with Crippen LogP contribution in [0, 0.1) is 5.92 Å². The van der Waals surface area contributed by atoms with Crippen LogP contribution in [-0.4, -0.2) is 52.6 Å². The van der Waals surface area contributed by atoms with E-state index >= 15 is 0 Å². The highest BCUT2D eigenvalue weighted by Crippen LogP contribution is 2.22. The van der Waals surface area contributed by atoms with Gasteiger partial charge in [0.25, 0.3) is 0 Å². The number of carboxylic acid groups (broad SMARTS) is 1. The van der Waals surface area contributed by atoms with Crippen molar-refractivity contribution in [2.24, 2.45) is 5.92 Å². The van der Waals surface area contributed by atoms with Gasteiger partial charge in [-0.15, -0.1) is 6.58 Å². The molecule has 0 aromatic heterocycles. The van der Waals surface area contributed by atoms with E-state index in [9.17, 15) is 9.59 Å². The number of urea groups is 1. The van der Waals surface area contributed by atoms with Crippen molar-refractivity contribution in [3.63, 3.8) is 0 Å². The van der Waals surface area contributed by atoms with Gasteiger partial charge in [-0.2, -0.15) is 0 Å². The lowest BCUT2D eigenvalue weighted by Crippen LogP contribution is -2.45. The molecule has 2 amide bonds. The minimum absolute atomic E-state index is 0.0349. The molecule has 5 nitrogen and oxygen atoms in total. The number of carbonyl (C=O) groups is 2. The number of carbonyl (C=O) groups excluding carboxylic acids is 1. The molecule has 1 aliphatic heterocycles. The molecule has 1 rings (SSSR count). The molecule has 1 unspecified atom stereocenters. The van der Waals surface area contributed by atoms with E-state index < -0.39 is 5.97 Å². The Balaban J connectivity index is 2.50. The Morgan fingerprint density at radius 3 is 2.74 bits per heavy atom. The van der Waals surface area contributed by atoms with Crippen LogP contribution in [0.3, 0.4) is 0 Å². The van der Waals surface area contributed by atoms with E-state index in [0.717, 1.165) is 13.0 Å². The molecule has 1 saturated heterocycles. The lowest BCUT2D eigenvalue weighted by molar-refractivity contribution is -0.137. The Morgan fingerprint density at radius 1 is 1.53 bits per heavy atom. The zero-order valence-corrected chi connectivity index (χ0v) is 11.8. The van der Waals surface area contributed by atoms with Crippen LogP contribution in [0.15, 0.2) is 12.7 Å². The SMILES string of the molecule is C=CCN(C(=O)N1CCC(CCC(=O)O)C1)C(C)C. The number of carboxylic acids is 1. The predicted octanol–water partition coefficient (Wildman–Crippen LogP) is 2.19. The molecule has 1 aliphatic rings. The van der Waals surface area contributed by atoms with Gasteiger partial charge in [-0.05, 0) is 32.6 Å². The van der Waals surface area contributed by atoms with Gasteiger partial charge in [-0.1, -0.05) is 6.08 Å². The molecule has 0 spiro atoms. The topological polar surface area (TPSA) is 60.9 Å². The first-order valence-electron chi connectivity index (χ1n) is 6.84. The number of hydrogen-bond donors (Lipinski definition) is 1. The summed E-state index contributed by atoms with van der Waals surface area (Å²) in [6.07, 6.45) is 3.48. The monoisotopic (exact) mass is 268 g/mol. The van der Waals surface area contributed by atoms with Gasteiger partial charge in [-0.3, -0.25) is 4.79 Å². The van der Waals surface area contributed by atoms with Crippen LogP contribution in [-0.2, 0) is 4.79 Å². The molecule has 0 aromatic carbocycles. The molecular formula is C14H24N2O3. The number of nitrogens with zero attached hydrogens (tertiary/aromatic N) is 2. The second-order valence-corrected chi connectivity index (χ2v) is 5.35. The first-order chi connectivity index (χ1) is 8.95. The van der Waals surface area contributed by atoms with Crippen molar-refractivity contribution in [2.75, 3.05) is 19.6 Å². The first kappa shape index (κ1) is 15.5. The van der Waals surface area contributed by atoms with Crippen LogP contribution < -0.4 is 0 Å². The van der Waals surface area contributed by atoms with Crippen LogP contribution >= 0.6 is 0 Å². The quantitative estimate of drug-likeness (QED) is 0.751. The number of hydrogen-bond acceptors (Lipinski definition) is 2. The zero-order chi connectivity index (χ0) is 14.4. The number of likely N-dealkylation sites (tertiary alicyclic amines) is 1. The molecule has 108 valence electrons. The van der Waals surface area contributed by atoms with Crippen molar-refractivity contribution in [3.05, 3.63) is 12.7 Å². The maximum absolute atomic E-state index is 12.3. The Labute approximate surface area is 114 Å². The molecule has 0 aromatic rings. The lowest BCUT2D eigenvalue weighted by atomic mass is 10.0. The molecule has 1 fully saturated rings. The molecule has 0 radical (unpaired) electrons. The normalized spacial score (nSPS) is 18.7. The molecule has 0 bridgehead atoms. The molecule has 19 heavy (non-hydrogen) atoms. The van der Waals surface area contributed by atoms with Gasteiger partial charge in [-0.25, -0.2) is 4.79 Å². The van der Waals surface area contributed by atoms with Crippen LogP contribution in [0.5, 0.6) is 0 Å². The fourth-order valence-corrected chi connectivity index (χ4v) is 2.40. The van der Waals surface area contributed by atoms with Gasteiger partial charge in [0.15, 0.2) is 0 Å². The summed E-state index contributed by atoms with van der Waals surface area (Å²) in [5.74, 6) is -0.446. The summed E-state index contributed by atoms with van der Waals surface area (Å²) in [4.78, 5) is 26.5. The number of aliphatic carboxylic acids is 1. The third-order valence-electron chi connectivity index (χ3n) is 3.52. The van der Waals surface area contributed by atoms with Crippen molar-refractivity contribution in [1.82, 2.24) is 9.80 Å². The molecule has 1 heterocycles. The van der Waals surface area contributed by atoms with Gasteiger partial charge in [0, 0.05) is 32.1 Å². The zero-order valence-electron chi connectivity index (χ0n) is 11.8. The summed E-state index contributed by atoms with van der Waals surface area (Å²) in [7, 11) is 0. The van der Waals surface area contributed by atoms with Crippen molar-refractivity contribution >= 4 is 12.0 Å². The molecule has 5 heteroatoms. The van der Waals surface area contributed by atoms with E-state index in [2.05, 4.69) is 6.58 Å². The summed E-state index contributed by atoms with van der Waals surface area (Å²) in [5.41, 5.74) is 0. The first-order valence-corrected chi connectivity index (χ1v) is 6.84. The van der Waals surface area contributed by atoms with Crippen molar-refractivity contribution in [2.45, 2.75) is 39.2 Å². The maximum Gasteiger partial charge on any atom is 0.320 e. The van der Waals surface area contributed by atoms with E-state index in [1.807, 2.05) is 18.7 Å². The second kappa shape index (κ2) is 7.16. The predicted molar refractivity (Wildman–Crippen MR) is 74.0 cm³/mol. The minimum atomic E-state index is -0.764. The highest BCUT2D eigenvalue weighted by molar-refractivity contribution is 5.75. The van der Waals surface area contributed by atoms with Gasteiger partial charge in [0.2, 0.25) is 0 Å². The van der Waals surface area contributed by atoms with Gasteiger partial charge >= 0.3 is 12.0 Å². The Bertz CT molecular complexity index is 342. The fraction of sp³-hybridized carbons (Fsp3) is 0.714. The second-order valence-electron chi connectivity index (χ2n) is 5.35. The summed E-state index contributed by atoms with van der Waals surface area (Å²) in [6.45, 7) is 9.60. The lowest BCUT2D eigenvalue weighted by Gasteiger charge is -2.30. The fourth-order valence-electron chi connectivity index (χ4n) is 2.40. The van der Waals surface area contributed by atoms with Crippen molar-refractivity contribution in [1.29, 1.82) is 0 Å². The van der Waals surface area contributed by atoms with Gasteiger partial charge in [0.1, 0.15) is 0 Å². The smallest absolute Gasteiger partial charge is 0.320 e. The van der Waals surface area contributed by atoms with Crippen molar-refractivity contribution < 1.29 is 14.7 Å². The Kier molecular flexibility index (Phi) is 5.86. The molecule has 1 atom stereocenters. The molecule has 0 aliphatic carbocycles. The van der Waals surface area contributed by atoms with Crippen LogP contribution in [0.2, 0.25) is 0 Å². The standard InChI is InChI=1S/C14H24N2O3/c1-4-8-16(11(2)3)14(19)15-9-7-12(10-15)5-6-13(17)18/h4,11-12H,1,5-10H2,2-3H3,(H,17,18). The van der Waals surface area contributed by atoms with E-state index in [1.54, 1.807) is 11.0 Å². The summed E-state index contributed by atoms with van der Waals surface area (Å²) >= 11 is 0. The average molecular weight is 268 g/mol. The average Bonchev–Trinajstić information content (AvgIpc) is 2.81. The number of rotatable bonds is 6. The summed E-state index contributed by atoms with van der Waals surface area (Å²) in [5, 5.41) is 8.68. The molecule has 1 N–H and O–H groups in total. The molecular weight excluding hydrogens is 244 g/mol. The van der Waals surface area contributed by atoms with E-state index in [4.69, 9.17) is 5.11 Å². The van der Waals surface area contributed by atoms with Crippen LogP contribution in [0.25, 0.3) is 0 Å². The third-order valence-corrected chi connectivity index (χ3v) is 3.52. The molecule has 0 saturated carbocycles. The summed E-state index contributed by atoms with van der Waals surface area (Å²) < 4.78 is 0. The Morgan fingerprint density at radius 2 is 2.21 bits per heavy atom. The third kappa shape index (κ3) is 4.58. The largest absolute Gasteiger partial charge is 0.481 e. The minimum Gasteiger partial charge on any atom is -0.481 e. The van der Waals surface area contributed by atoms with E-state index in [0.29, 0.717) is 25.4 Å². The Hall–Kier alpha value is -1.52. The van der Waals surface area contributed by atoms with Crippen LogP contribution in [0.4, 0.5) is 4.79 Å². The maximum atomic E-state index is 12.3.